The van der Waals surface area contributed by atoms with Crippen LogP contribution in [0.1, 0.15) is 60.0 Å². The summed E-state index contributed by atoms with van der Waals surface area (Å²) in [7, 11) is 0. The maximum Gasteiger partial charge on any atom is 0.416 e. The van der Waals surface area contributed by atoms with Gasteiger partial charge in [-0.2, -0.15) is 13.2 Å². The average molecular weight is 519 g/mol. The van der Waals surface area contributed by atoms with Crippen LogP contribution in [0.3, 0.4) is 0 Å². The van der Waals surface area contributed by atoms with Crippen LogP contribution in [0.15, 0.2) is 48.8 Å². The molecule has 0 unspecified atom stereocenters. The standard InChI is InChI=1S/C27H33F3N4O3/c1-2-37-24-17-34(22-10-8-18(9-11-22)20-6-4-12-31-14-20)16-23(24)33-25(35)15-32-26(36)19-5-3-7-21(13-19)27(28,29)30/h3-7,12-14,18,22-24H,2,8-11,15-17H2,1H3,(H,32,36)(H,33,35)/t18?,22?,23-,24+/m0/s1. The molecule has 2 aliphatic rings. The van der Waals surface area contributed by atoms with E-state index in [0.29, 0.717) is 25.1 Å². The summed E-state index contributed by atoms with van der Waals surface area (Å²) in [4.78, 5) is 31.6. The number of benzene rings is 1. The van der Waals surface area contributed by atoms with Crippen LogP contribution in [-0.2, 0) is 15.7 Å². The summed E-state index contributed by atoms with van der Waals surface area (Å²) in [5.41, 5.74) is 0.223. The minimum Gasteiger partial charge on any atom is -0.375 e. The number of nitrogens with zero attached hydrogens (tertiary/aromatic N) is 2. The maximum atomic E-state index is 12.9. The zero-order chi connectivity index (χ0) is 26.4. The molecule has 10 heteroatoms. The molecule has 0 radical (unpaired) electrons. The molecule has 1 aromatic carbocycles. The molecule has 2 heterocycles. The Bertz CT molecular complexity index is 1060. The molecule has 7 nitrogen and oxygen atoms in total. The first-order valence-corrected chi connectivity index (χ1v) is 12.7. The third kappa shape index (κ3) is 7.07. The lowest BCUT2D eigenvalue weighted by molar-refractivity contribution is -0.137. The number of alkyl halides is 3. The van der Waals surface area contributed by atoms with Crippen LogP contribution in [0, 0.1) is 0 Å². The molecule has 2 aromatic rings. The Hall–Kier alpha value is -2.98. The third-order valence-electron chi connectivity index (χ3n) is 7.25. The van der Waals surface area contributed by atoms with Gasteiger partial charge in [0.1, 0.15) is 0 Å². The molecule has 2 amide bonds. The van der Waals surface area contributed by atoms with E-state index in [-0.39, 0.29) is 24.3 Å². The number of hydrogen-bond acceptors (Lipinski definition) is 5. The Balaban J connectivity index is 1.28. The minimum atomic E-state index is -4.55. The van der Waals surface area contributed by atoms with E-state index in [1.54, 1.807) is 6.20 Å². The van der Waals surface area contributed by atoms with Crippen molar-refractivity contribution in [1.82, 2.24) is 20.5 Å². The summed E-state index contributed by atoms with van der Waals surface area (Å²) in [6, 6.07) is 8.42. The van der Waals surface area contributed by atoms with Gasteiger partial charge in [-0.25, -0.2) is 0 Å². The molecule has 1 aliphatic carbocycles. The number of nitrogens with one attached hydrogen (secondary N) is 2. The molecule has 200 valence electrons. The van der Waals surface area contributed by atoms with Gasteiger partial charge in [0.25, 0.3) is 5.91 Å². The van der Waals surface area contributed by atoms with Gasteiger partial charge >= 0.3 is 6.18 Å². The van der Waals surface area contributed by atoms with Crippen molar-refractivity contribution in [3.05, 3.63) is 65.5 Å². The molecule has 2 atom stereocenters. The summed E-state index contributed by atoms with van der Waals surface area (Å²) in [5.74, 6) is -0.621. The fourth-order valence-corrected chi connectivity index (χ4v) is 5.37. The number of hydrogen-bond donors (Lipinski definition) is 2. The van der Waals surface area contributed by atoms with Crippen molar-refractivity contribution >= 4 is 11.8 Å². The van der Waals surface area contributed by atoms with Gasteiger partial charge in [-0.3, -0.25) is 19.5 Å². The third-order valence-corrected chi connectivity index (χ3v) is 7.25. The van der Waals surface area contributed by atoms with Gasteiger partial charge < -0.3 is 15.4 Å². The Morgan fingerprint density at radius 1 is 1.11 bits per heavy atom. The van der Waals surface area contributed by atoms with E-state index in [1.165, 1.54) is 17.7 Å². The van der Waals surface area contributed by atoms with Gasteiger partial charge in [-0.15, -0.1) is 0 Å². The second-order valence-electron chi connectivity index (χ2n) is 9.67. The fraction of sp³-hybridized carbons (Fsp3) is 0.519. The highest BCUT2D eigenvalue weighted by molar-refractivity contribution is 5.96. The van der Waals surface area contributed by atoms with Crippen LogP contribution in [0.5, 0.6) is 0 Å². The number of pyridine rings is 1. The zero-order valence-corrected chi connectivity index (χ0v) is 20.8. The Labute approximate surface area is 214 Å². The predicted octanol–water partition coefficient (Wildman–Crippen LogP) is 3.76. The highest BCUT2D eigenvalue weighted by atomic mass is 19.4. The van der Waals surface area contributed by atoms with Crippen LogP contribution in [0.2, 0.25) is 0 Å². The SMILES string of the molecule is CCO[C@@H]1CN(C2CCC(c3cccnc3)CC2)C[C@@H]1NC(=O)CNC(=O)c1cccc(C(F)(F)F)c1. The van der Waals surface area contributed by atoms with Crippen molar-refractivity contribution < 1.29 is 27.5 Å². The predicted molar refractivity (Wildman–Crippen MR) is 132 cm³/mol. The minimum absolute atomic E-state index is 0.149. The molecule has 2 N–H and O–H groups in total. The molecule has 1 aliphatic heterocycles. The van der Waals surface area contributed by atoms with E-state index in [0.717, 1.165) is 44.4 Å². The topological polar surface area (TPSA) is 83.6 Å². The van der Waals surface area contributed by atoms with Crippen molar-refractivity contribution in [3.63, 3.8) is 0 Å². The molecule has 1 aromatic heterocycles. The monoisotopic (exact) mass is 518 g/mol. The molecule has 1 saturated heterocycles. The summed E-state index contributed by atoms with van der Waals surface area (Å²) < 4.78 is 44.7. The van der Waals surface area contributed by atoms with E-state index >= 15 is 0 Å². The quantitative estimate of drug-likeness (QED) is 0.556. The van der Waals surface area contributed by atoms with E-state index in [1.807, 2.05) is 19.2 Å². The zero-order valence-electron chi connectivity index (χ0n) is 20.8. The highest BCUT2D eigenvalue weighted by Crippen LogP contribution is 2.35. The lowest BCUT2D eigenvalue weighted by Gasteiger charge is -2.34. The number of halogens is 3. The van der Waals surface area contributed by atoms with Gasteiger partial charge in [0.15, 0.2) is 0 Å². The fourth-order valence-electron chi connectivity index (χ4n) is 5.37. The molecule has 1 saturated carbocycles. The average Bonchev–Trinajstić information content (AvgIpc) is 3.29. The second kappa shape index (κ2) is 12.0. The molecule has 4 rings (SSSR count). The maximum absolute atomic E-state index is 12.9. The van der Waals surface area contributed by atoms with Crippen molar-refractivity contribution in [1.29, 1.82) is 0 Å². The van der Waals surface area contributed by atoms with Gasteiger partial charge in [-0.1, -0.05) is 12.1 Å². The van der Waals surface area contributed by atoms with Gasteiger partial charge in [0.05, 0.1) is 24.3 Å². The molecule has 37 heavy (non-hydrogen) atoms. The first kappa shape index (κ1) is 27.1. The van der Waals surface area contributed by atoms with Gasteiger partial charge in [0, 0.05) is 43.7 Å². The van der Waals surface area contributed by atoms with Crippen molar-refractivity contribution in [2.24, 2.45) is 0 Å². The normalized spacial score (nSPS) is 24.5. The first-order valence-electron chi connectivity index (χ1n) is 12.7. The highest BCUT2D eigenvalue weighted by Gasteiger charge is 2.39. The van der Waals surface area contributed by atoms with Gasteiger partial charge in [0.2, 0.25) is 5.91 Å². The summed E-state index contributed by atoms with van der Waals surface area (Å²) in [6.07, 6.45) is 3.33. The molecule has 2 fully saturated rings. The van der Waals surface area contributed by atoms with E-state index in [4.69, 9.17) is 4.74 Å². The number of likely N-dealkylation sites (tertiary alicyclic amines) is 1. The Morgan fingerprint density at radius 2 is 1.89 bits per heavy atom. The number of rotatable bonds is 8. The van der Waals surface area contributed by atoms with Crippen LogP contribution < -0.4 is 10.6 Å². The van der Waals surface area contributed by atoms with E-state index < -0.39 is 23.6 Å². The Kier molecular flexibility index (Phi) is 8.81. The largest absolute Gasteiger partial charge is 0.416 e. The lowest BCUT2D eigenvalue weighted by atomic mass is 9.82. The summed E-state index contributed by atoms with van der Waals surface area (Å²) in [6.45, 7) is 3.47. The first-order chi connectivity index (χ1) is 17.7. The van der Waals surface area contributed by atoms with Gasteiger partial charge in [-0.05, 0) is 68.4 Å². The number of amides is 2. The number of aromatic nitrogens is 1. The van der Waals surface area contributed by atoms with Crippen molar-refractivity contribution in [3.8, 4) is 0 Å². The van der Waals surface area contributed by atoms with E-state index in [9.17, 15) is 22.8 Å². The smallest absolute Gasteiger partial charge is 0.375 e. The second-order valence-corrected chi connectivity index (χ2v) is 9.67. The molecule has 0 bridgehead atoms. The lowest BCUT2D eigenvalue weighted by Crippen LogP contribution is -2.48. The summed E-state index contributed by atoms with van der Waals surface area (Å²) in [5, 5.41) is 5.37. The van der Waals surface area contributed by atoms with Crippen LogP contribution in [0.4, 0.5) is 13.2 Å². The van der Waals surface area contributed by atoms with Crippen molar-refractivity contribution in [2.75, 3.05) is 26.2 Å². The number of carbonyl (C=O) groups is 2. The number of ether oxygens (including phenoxy) is 1. The Morgan fingerprint density at radius 3 is 2.57 bits per heavy atom. The molecular formula is C27H33F3N4O3. The van der Waals surface area contributed by atoms with Crippen LogP contribution in [-0.4, -0.2) is 66.1 Å². The number of carbonyl (C=O) groups excluding carboxylic acids is 2. The molecule has 0 spiro atoms. The molecular weight excluding hydrogens is 485 g/mol. The van der Waals surface area contributed by atoms with Crippen molar-refractivity contribution in [2.45, 2.75) is 62.9 Å². The van der Waals surface area contributed by atoms with Crippen LogP contribution in [0.25, 0.3) is 0 Å². The summed E-state index contributed by atoms with van der Waals surface area (Å²) >= 11 is 0. The van der Waals surface area contributed by atoms with Crippen LogP contribution >= 0.6 is 0 Å². The van der Waals surface area contributed by atoms with E-state index in [2.05, 4.69) is 26.6 Å².